The molecule has 0 spiro atoms. The van der Waals surface area contributed by atoms with Crippen LogP contribution in [0.15, 0.2) is 29.4 Å². The Labute approximate surface area is 146 Å². The molecule has 0 unspecified atom stereocenters. The largest absolute Gasteiger partial charge is 0.345 e. The Balaban J connectivity index is 1.70. The fraction of sp³-hybridized carbons (Fsp3) is 0.529. The summed E-state index contributed by atoms with van der Waals surface area (Å²) in [7, 11) is 0. The number of pyridine rings is 1. The second kappa shape index (κ2) is 7.34. The summed E-state index contributed by atoms with van der Waals surface area (Å²) in [6.45, 7) is 7.03. The Morgan fingerprint density at radius 3 is 2.83 bits per heavy atom. The first kappa shape index (κ1) is 17.0. The monoisotopic (exact) mass is 345 g/mol. The Bertz CT molecular complexity index is 700. The van der Waals surface area contributed by atoms with Crippen molar-refractivity contribution < 1.29 is 4.79 Å². The van der Waals surface area contributed by atoms with Gasteiger partial charge in [-0.2, -0.15) is 0 Å². The Hall–Kier alpha value is -1.89. The predicted octanol–water partition coefficient (Wildman–Crippen LogP) is 2.61. The van der Waals surface area contributed by atoms with Crippen LogP contribution in [0.5, 0.6) is 0 Å². The van der Waals surface area contributed by atoms with E-state index in [-0.39, 0.29) is 23.1 Å². The first-order valence-corrected chi connectivity index (χ1v) is 9.24. The van der Waals surface area contributed by atoms with Crippen LogP contribution < -0.4 is 5.32 Å². The molecule has 0 saturated carbocycles. The fourth-order valence-corrected chi connectivity index (χ4v) is 3.67. The van der Waals surface area contributed by atoms with Crippen molar-refractivity contribution in [2.75, 3.05) is 0 Å². The minimum absolute atomic E-state index is 0.000278. The van der Waals surface area contributed by atoms with Crippen LogP contribution >= 0.6 is 11.8 Å². The van der Waals surface area contributed by atoms with Crippen LogP contribution in [-0.2, 0) is 17.8 Å². The van der Waals surface area contributed by atoms with Crippen LogP contribution in [-0.4, -0.2) is 30.9 Å². The van der Waals surface area contributed by atoms with Gasteiger partial charge in [0.25, 0.3) is 0 Å². The van der Waals surface area contributed by atoms with Crippen LogP contribution in [0.2, 0.25) is 0 Å². The maximum Gasteiger partial charge on any atom is 0.233 e. The molecule has 3 rings (SSSR count). The van der Waals surface area contributed by atoms with Crippen LogP contribution in [0.3, 0.4) is 0 Å². The maximum absolute atomic E-state index is 12.6. The standard InChI is InChI=1S/C17H23N5OS/c1-11(2)15(16-21-20-13-7-6-10-22(13)16)19-17(23)12(3)24-14-8-4-5-9-18-14/h4-5,8-9,11-12,15H,6-7,10H2,1-3H3,(H,19,23)/t12-,15-/m1/s1. The van der Waals surface area contributed by atoms with Gasteiger partial charge in [-0.25, -0.2) is 4.98 Å². The maximum atomic E-state index is 12.6. The lowest BCUT2D eigenvalue weighted by atomic mass is 10.0. The molecule has 1 amide bonds. The van der Waals surface area contributed by atoms with E-state index in [2.05, 4.69) is 38.9 Å². The topological polar surface area (TPSA) is 72.7 Å². The molecule has 2 aromatic heterocycles. The predicted molar refractivity (Wildman–Crippen MR) is 93.6 cm³/mol. The first-order valence-electron chi connectivity index (χ1n) is 8.36. The van der Waals surface area contributed by atoms with E-state index in [0.717, 1.165) is 36.1 Å². The Morgan fingerprint density at radius 2 is 2.12 bits per heavy atom. The summed E-state index contributed by atoms with van der Waals surface area (Å²) in [4.78, 5) is 16.9. The molecule has 0 bridgehead atoms. The second-order valence-corrected chi connectivity index (χ2v) is 7.75. The molecule has 2 aromatic rings. The van der Waals surface area contributed by atoms with Crippen LogP contribution in [0.4, 0.5) is 0 Å². The van der Waals surface area contributed by atoms with Gasteiger partial charge in [0.2, 0.25) is 5.91 Å². The van der Waals surface area contributed by atoms with Crippen molar-refractivity contribution >= 4 is 17.7 Å². The molecular weight excluding hydrogens is 322 g/mol. The normalized spacial score (nSPS) is 16.0. The van der Waals surface area contributed by atoms with Crippen molar-refractivity contribution in [1.82, 2.24) is 25.1 Å². The zero-order chi connectivity index (χ0) is 17.1. The lowest BCUT2D eigenvalue weighted by molar-refractivity contribution is -0.121. The van der Waals surface area contributed by atoms with Gasteiger partial charge < -0.3 is 9.88 Å². The average Bonchev–Trinajstić information content (AvgIpc) is 3.16. The molecule has 0 aliphatic carbocycles. The number of aromatic nitrogens is 4. The average molecular weight is 345 g/mol. The van der Waals surface area contributed by atoms with Gasteiger partial charge in [-0.1, -0.05) is 31.7 Å². The Morgan fingerprint density at radius 1 is 1.29 bits per heavy atom. The van der Waals surface area contributed by atoms with Crippen molar-refractivity contribution in [3.8, 4) is 0 Å². The summed E-state index contributed by atoms with van der Waals surface area (Å²) >= 11 is 1.46. The van der Waals surface area contributed by atoms with E-state index < -0.39 is 0 Å². The number of thioether (sulfide) groups is 1. The second-order valence-electron chi connectivity index (χ2n) is 6.39. The zero-order valence-corrected chi connectivity index (χ0v) is 15.1. The number of nitrogens with zero attached hydrogens (tertiary/aromatic N) is 4. The molecule has 1 N–H and O–H groups in total. The van der Waals surface area contributed by atoms with Gasteiger partial charge in [-0.05, 0) is 31.4 Å². The zero-order valence-electron chi connectivity index (χ0n) is 14.3. The molecule has 0 radical (unpaired) electrons. The highest BCUT2D eigenvalue weighted by Gasteiger charge is 2.29. The number of fused-ring (bicyclic) bond motifs is 1. The fourth-order valence-electron chi connectivity index (χ4n) is 2.85. The lowest BCUT2D eigenvalue weighted by Gasteiger charge is -2.23. The van der Waals surface area contributed by atoms with Crippen LogP contribution in [0, 0.1) is 5.92 Å². The van der Waals surface area contributed by atoms with Gasteiger partial charge in [0.05, 0.1) is 16.3 Å². The smallest absolute Gasteiger partial charge is 0.233 e. The van der Waals surface area contributed by atoms with Crippen molar-refractivity contribution in [2.24, 2.45) is 5.92 Å². The summed E-state index contributed by atoms with van der Waals surface area (Å²) in [5.74, 6) is 2.15. The van der Waals surface area contributed by atoms with E-state index in [1.807, 2.05) is 25.1 Å². The highest BCUT2D eigenvalue weighted by atomic mass is 32.2. The van der Waals surface area contributed by atoms with E-state index in [4.69, 9.17) is 0 Å². The molecule has 3 heterocycles. The minimum atomic E-state index is -0.220. The molecule has 0 fully saturated rings. The number of amides is 1. The van der Waals surface area contributed by atoms with Crippen molar-refractivity contribution in [2.45, 2.75) is 56.5 Å². The van der Waals surface area contributed by atoms with Crippen molar-refractivity contribution in [1.29, 1.82) is 0 Å². The van der Waals surface area contributed by atoms with Crippen molar-refractivity contribution in [3.63, 3.8) is 0 Å². The third kappa shape index (κ3) is 3.61. The van der Waals surface area contributed by atoms with E-state index in [0.29, 0.717) is 0 Å². The number of hydrogen-bond acceptors (Lipinski definition) is 5. The molecule has 1 aliphatic heterocycles. The molecule has 2 atom stereocenters. The molecule has 0 aromatic carbocycles. The van der Waals surface area contributed by atoms with Crippen LogP contribution in [0.25, 0.3) is 0 Å². The summed E-state index contributed by atoms with van der Waals surface area (Å²) in [6.07, 6.45) is 3.81. The summed E-state index contributed by atoms with van der Waals surface area (Å²) < 4.78 is 2.15. The van der Waals surface area contributed by atoms with Gasteiger partial charge in [0.15, 0.2) is 5.82 Å². The summed E-state index contributed by atoms with van der Waals surface area (Å²) in [5, 5.41) is 12.4. The SMILES string of the molecule is CC(C)[C@@H](NC(=O)[C@@H](C)Sc1ccccn1)c1nnc2n1CCC2. The van der Waals surface area contributed by atoms with Crippen molar-refractivity contribution in [3.05, 3.63) is 36.0 Å². The third-order valence-corrected chi connectivity index (χ3v) is 5.24. The summed E-state index contributed by atoms with van der Waals surface area (Å²) in [6, 6.07) is 5.59. The lowest BCUT2D eigenvalue weighted by Crippen LogP contribution is -2.38. The molecule has 7 heteroatoms. The minimum Gasteiger partial charge on any atom is -0.345 e. The number of carbonyl (C=O) groups is 1. The third-order valence-electron chi connectivity index (χ3n) is 4.19. The quantitative estimate of drug-likeness (QED) is 0.815. The van der Waals surface area contributed by atoms with Crippen LogP contribution in [0.1, 0.15) is 44.9 Å². The number of nitrogens with one attached hydrogen (secondary N) is 1. The molecule has 0 saturated heterocycles. The number of carbonyl (C=O) groups excluding carboxylic acids is 1. The number of aryl methyl sites for hydroxylation is 1. The van der Waals surface area contributed by atoms with E-state index in [1.54, 1.807) is 6.20 Å². The van der Waals surface area contributed by atoms with Gasteiger partial charge in [0, 0.05) is 19.2 Å². The molecule has 1 aliphatic rings. The van der Waals surface area contributed by atoms with Gasteiger partial charge in [0.1, 0.15) is 5.82 Å². The molecule has 128 valence electrons. The van der Waals surface area contributed by atoms with Gasteiger partial charge in [-0.15, -0.1) is 10.2 Å². The molecular formula is C17H23N5OS. The van der Waals surface area contributed by atoms with E-state index >= 15 is 0 Å². The van der Waals surface area contributed by atoms with Gasteiger partial charge in [-0.3, -0.25) is 4.79 Å². The van der Waals surface area contributed by atoms with E-state index in [1.165, 1.54) is 11.8 Å². The highest BCUT2D eigenvalue weighted by Crippen LogP contribution is 2.26. The first-order chi connectivity index (χ1) is 11.6. The Kier molecular flexibility index (Phi) is 5.18. The number of hydrogen-bond donors (Lipinski definition) is 1. The van der Waals surface area contributed by atoms with E-state index in [9.17, 15) is 4.79 Å². The molecule has 6 nitrogen and oxygen atoms in total. The summed E-state index contributed by atoms with van der Waals surface area (Å²) in [5.41, 5.74) is 0. The molecule has 24 heavy (non-hydrogen) atoms. The highest BCUT2D eigenvalue weighted by molar-refractivity contribution is 8.00. The van der Waals surface area contributed by atoms with Gasteiger partial charge >= 0.3 is 0 Å². The number of rotatable bonds is 6.